The van der Waals surface area contributed by atoms with Crippen LogP contribution in [0.2, 0.25) is 0 Å². The van der Waals surface area contributed by atoms with E-state index >= 15 is 0 Å². The summed E-state index contributed by atoms with van der Waals surface area (Å²) in [5.74, 6) is 0.670. The number of methoxy groups -OCH3 is 1. The Balaban J connectivity index is 1.42. The summed E-state index contributed by atoms with van der Waals surface area (Å²) >= 11 is 6.84. The Hall–Kier alpha value is -2.64. The molecule has 0 bridgehead atoms. The summed E-state index contributed by atoms with van der Waals surface area (Å²) < 4.78 is 11.2. The molecule has 2 aromatic rings. The summed E-state index contributed by atoms with van der Waals surface area (Å²) in [5.41, 5.74) is 1.30. The number of hydrogen-bond acceptors (Lipinski definition) is 6. The number of esters is 1. The lowest BCUT2D eigenvalue weighted by molar-refractivity contribution is -0.124. The van der Waals surface area contributed by atoms with E-state index in [2.05, 4.69) is 0 Å². The predicted molar refractivity (Wildman–Crippen MR) is 126 cm³/mol. The number of ether oxygens (including phenoxy) is 2. The van der Waals surface area contributed by atoms with Crippen molar-refractivity contribution in [3.8, 4) is 11.5 Å². The van der Waals surface area contributed by atoms with Crippen LogP contribution in [0.3, 0.4) is 0 Å². The molecule has 1 amide bonds. The van der Waals surface area contributed by atoms with E-state index in [9.17, 15) is 9.59 Å². The molecule has 0 unspecified atom stereocenters. The van der Waals surface area contributed by atoms with Crippen molar-refractivity contribution in [2.24, 2.45) is 0 Å². The Morgan fingerprint density at radius 3 is 2.32 bits per heavy atom. The molecule has 5 nitrogen and oxygen atoms in total. The van der Waals surface area contributed by atoms with Gasteiger partial charge in [0.1, 0.15) is 15.8 Å². The van der Waals surface area contributed by atoms with E-state index in [1.54, 1.807) is 48.4 Å². The molecule has 0 aromatic heterocycles. The Bertz CT molecular complexity index is 1010. The fourth-order valence-electron chi connectivity index (χ4n) is 3.81. The van der Waals surface area contributed by atoms with Gasteiger partial charge in [-0.05, 0) is 60.9 Å². The quantitative estimate of drug-likeness (QED) is 0.260. The van der Waals surface area contributed by atoms with Gasteiger partial charge in [-0.25, -0.2) is 4.79 Å². The largest absolute Gasteiger partial charge is 0.497 e. The van der Waals surface area contributed by atoms with Gasteiger partial charge in [-0.15, -0.1) is 0 Å². The summed E-state index contributed by atoms with van der Waals surface area (Å²) in [5, 5.41) is 0. The molecule has 7 heteroatoms. The average Bonchev–Trinajstić information content (AvgIpc) is 3.08. The first-order chi connectivity index (χ1) is 15.0. The van der Waals surface area contributed by atoms with Gasteiger partial charge in [-0.1, -0.05) is 55.4 Å². The summed E-state index contributed by atoms with van der Waals surface area (Å²) in [6.07, 6.45) is 7.42. The number of carbonyl (C=O) groups excluding carboxylic acids is 2. The molecule has 0 N–H and O–H groups in total. The monoisotopic (exact) mass is 453 g/mol. The molecule has 1 aliphatic carbocycles. The number of hydrogen-bond donors (Lipinski definition) is 0. The number of thiocarbonyl (C=S) groups is 1. The molecule has 31 heavy (non-hydrogen) atoms. The molecule has 4 rings (SSSR count). The molecule has 1 heterocycles. The fourth-order valence-corrected chi connectivity index (χ4v) is 5.21. The van der Waals surface area contributed by atoms with Gasteiger partial charge >= 0.3 is 5.97 Å². The molecule has 0 atom stereocenters. The van der Waals surface area contributed by atoms with E-state index in [0.717, 1.165) is 31.2 Å². The van der Waals surface area contributed by atoms with Crippen LogP contribution in [0.4, 0.5) is 0 Å². The van der Waals surface area contributed by atoms with E-state index in [1.165, 1.54) is 18.2 Å². The molecule has 0 radical (unpaired) electrons. The van der Waals surface area contributed by atoms with E-state index in [4.69, 9.17) is 21.7 Å². The van der Waals surface area contributed by atoms with Crippen molar-refractivity contribution in [3.05, 3.63) is 64.6 Å². The van der Waals surface area contributed by atoms with Crippen LogP contribution in [0, 0.1) is 0 Å². The number of benzene rings is 2. The highest BCUT2D eigenvalue weighted by Crippen LogP contribution is 2.37. The zero-order chi connectivity index (χ0) is 21.8. The van der Waals surface area contributed by atoms with E-state index < -0.39 is 5.97 Å². The SMILES string of the molecule is COc1ccc(C(=O)Oc2ccc(/C=C3\SC(=S)N(C4CCCCC4)C3=O)cc2)cc1. The second kappa shape index (κ2) is 9.66. The van der Waals surface area contributed by atoms with Crippen molar-refractivity contribution in [3.63, 3.8) is 0 Å². The normalized spacial score (nSPS) is 18.5. The lowest BCUT2D eigenvalue weighted by atomic mass is 9.94. The maximum Gasteiger partial charge on any atom is 0.343 e. The number of carbonyl (C=O) groups is 2. The van der Waals surface area contributed by atoms with Crippen molar-refractivity contribution in [1.29, 1.82) is 0 Å². The molecule has 2 fully saturated rings. The first kappa shape index (κ1) is 21.6. The predicted octanol–water partition coefficient (Wildman–Crippen LogP) is 5.45. The van der Waals surface area contributed by atoms with Crippen molar-refractivity contribution in [2.45, 2.75) is 38.1 Å². The maximum atomic E-state index is 12.9. The van der Waals surface area contributed by atoms with Gasteiger partial charge in [-0.2, -0.15) is 0 Å². The van der Waals surface area contributed by atoms with Crippen LogP contribution in [0.1, 0.15) is 48.0 Å². The molecule has 160 valence electrons. The topological polar surface area (TPSA) is 55.8 Å². The van der Waals surface area contributed by atoms with Gasteiger partial charge < -0.3 is 9.47 Å². The smallest absolute Gasteiger partial charge is 0.343 e. The summed E-state index contributed by atoms with van der Waals surface area (Å²) in [4.78, 5) is 27.6. The van der Waals surface area contributed by atoms with Gasteiger partial charge in [0.05, 0.1) is 17.6 Å². The van der Waals surface area contributed by atoms with E-state index in [0.29, 0.717) is 26.3 Å². The molecule has 1 saturated carbocycles. The lowest BCUT2D eigenvalue weighted by Crippen LogP contribution is -2.39. The standard InChI is InChI=1S/C24H23NO4S2/c1-28-19-13-9-17(10-14-19)23(27)29-20-11-7-16(8-12-20)15-21-22(26)25(24(30)31-21)18-5-3-2-4-6-18/h7-15,18H,2-6H2,1H3/b21-15-. The van der Waals surface area contributed by atoms with Crippen LogP contribution in [0.5, 0.6) is 11.5 Å². The Morgan fingerprint density at radius 2 is 1.68 bits per heavy atom. The molecule has 1 saturated heterocycles. The van der Waals surface area contributed by atoms with Crippen molar-refractivity contribution < 1.29 is 19.1 Å². The van der Waals surface area contributed by atoms with Crippen molar-refractivity contribution in [2.75, 3.05) is 7.11 Å². The minimum atomic E-state index is -0.441. The average molecular weight is 454 g/mol. The summed E-state index contributed by atoms with van der Waals surface area (Å²) in [6.45, 7) is 0. The minimum absolute atomic E-state index is 0.00286. The van der Waals surface area contributed by atoms with Crippen LogP contribution in [-0.2, 0) is 4.79 Å². The third-order valence-corrected chi connectivity index (χ3v) is 6.81. The number of amides is 1. The Kier molecular flexibility index (Phi) is 6.73. The number of thioether (sulfide) groups is 1. The van der Waals surface area contributed by atoms with Gasteiger partial charge in [-0.3, -0.25) is 9.69 Å². The molecule has 0 spiro atoms. The van der Waals surface area contributed by atoms with E-state index in [-0.39, 0.29) is 11.9 Å². The first-order valence-electron chi connectivity index (χ1n) is 10.3. The Labute approximate surface area is 191 Å². The van der Waals surface area contributed by atoms with Gasteiger partial charge in [0.2, 0.25) is 0 Å². The maximum absolute atomic E-state index is 12.9. The van der Waals surface area contributed by atoms with Crippen LogP contribution in [0.25, 0.3) is 6.08 Å². The second-order valence-corrected chi connectivity index (χ2v) is 9.21. The lowest BCUT2D eigenvalue weighted by Gasteiger charge is -2.29. The second-order valence-electron chi connectivity index (χ2n) is 7.53. The minimum Gasteiger partial charge on any atom is -0.497 e. The zero-order valence-electron chi connectivity index (χ0n) is 17.2. The Morgan fingerprint density at radius 1 is 1.03 bits per heavy atom. The van der Waals surface area contributed by atoms with Crippen LogP contribution >= 0.6 is 24.0 Å². The molecular weight excluding hydrogens is 430 g/mol. The summed E-state index contributed by atoms with van der Waals surface area (Å²) in [6, 6.07) is 14.0. The van der Waals surface area contributed by atoms with Gasteiger partial charge in [0, 0.05) is 6.04 Å². The van der Waals surface area contributed by atoms with Crippen LogP contribution in [-0.4, -0.2) is 34.2 Å². The van der Waals surface area contributed by atoms with Crippen LogP contribution in [0.15, 0.2) is 53.4 Å². The zero-order valence-corrected chi connectivity index (χ0v) is 18.8. The highest BCUT2D eigenvalue weighted by atomic mass is 32.2. The fraction of sp³-hybridized carbons (Fsp3) is 0.292. The first-order valence-corrected chi connectivity index (χ1v) is 11.5. The molecular formula is C24H23NO4S2. The van der Waals surface area contributed by atoms with Gasteiger partial charge in [0.15, 0.2) is 0 Å². The molecule has 2 aromatic carbocycles. The van der Waals surface area contributed by atoms with E-state index in [1.807, 2.05) is 18.2 Å². The van der Waals surface area contributed by atoms with Crippen molar-refractivity contribution >= 4 is 46.3 Å². The summed E-state index contributed by atoms with van der Waals surface area (Å²) in [7, 11) is 1.57. The molecule has 1 aliphatic heterocycles. The van der Waals surface area contributed by atoms with Crippen molar-refractivity contribution in [1.82, 2.24) is 4.90 Å². The third-order valence-electron chi connectivity index (χ3n) is 5.48. The third kappa shape index (κ3) is 4.99. The van der Waals surface area contributed by atoms with Gasteiger partial charge in [0.25, 0.3) is 5.91 Å². The molecule has 2 aliphatic rings. The number of rotatable bonds is 5. The highest BCUT2D eigenvalue weighted by Gasteiger charge is 2.37. The highest BCUT2D eigenvalue weighted by molar-refractivity contribution is 8.26. The van der Waals surface area contributed by atoms with Crippen LogP contribution < -0.4 is 9.47 Å². The number of nitrogens with zero attached hydrogens (tertiary/aromatic N) is 1.